The van der Waals surface area contributed by atoms with E-state index < -0.39 is 29.0 Å². The summed E-state index contributed by atoms with van der Waals surface area (Å²) in [7, 11) is 0. The zero-order valence-corrected chi connectivity index (χ0v) is 16.3. The molecule has 0 aliphatic heterocycles. The lowest BCUT2D eigenvalue weighted by Gasteiger charge is -2.16. The second kappa shape index (κ2) is 8.25. The second-order valence-corrected chi connectivity index (χ2v) is 7.34. The van der Waals surface area contributed by atoms with E-state index in [4.69, 9.17) is 0 Å². The van der Waals surface area contributed by atoms with Crippen LogP contribution in [0.25, 0.3) is 10.9 Å². The van der Waals surface area contributed by atoms with Crippen LogP contribution in [-0.2, 0) is 23.8 Å². The molecule has 0 bridgehead atoms. The van der Waals surface area contributed by atoms with Gasteiger partial charge >= 0.3 is 6.18 Å². The van der Waals surface area contributed by atoms with E-state index in [1.54, 1.807) is 0 Å². The van der Waals surface area contributed by atoms with Crippen LogP contribution in [0.15, 0.2) is 47.3 Å². The number of benzene rings is 2. The van der Waals surface area contributed by atoms with Crippen LogP contribution in [0.4, 0.5) is 17.6 Å². The minimum atomic E-state index is -4.53. The maximum Gasteiger partial charge on any atom is 0.416 e. The molecule has 0 spiro atoms. The zero-order chi connectivity index (χ0) is 22.1. The number of hydrogen-bond acceptors (Lipinski definition) is 3. The summed E-state index contributed by atoms with van der Waals surface area (Å²) in [5.41, 5.74) is 1.31. The molecule has 0 saturated carbocycles. The van der Waals surface area contributed by atoms with Crippen LogP contribution in [0.3, 0.4) is 0 Å². The first-order valence-corrected chi connectivity index (χ1v) is 9.22. The number of aromatic nitrogens is 2. The van der Waals surface area contributed by atoms with Crippen molar-refractivity contribution in [1.29, 1.82) is 0 Å². The Morgan fingerprint density at radius 2 is 1.90 bits per heavy atom. The van der Waals surface area contributed by atoms with Crippen LogP contribution in [0.5, 0.6) is 0 Å². The number of amides is 1. The topological polar surface area (TPSA) is 64.0 Å². The fourth-order valence-electron chi connectivity index (χ4n) is 3.03. The molecule has 1 amide bonds. The van der Waals surface area contributed by atoms with Gasteiger partial charge in [-0.2, -0.15) is 13.2 Å². The first kappa shape index (κ1) is 21.5. The number of alkyl halides is 3. The van der Waals surface area contributed by atoms with E-state index >= 15 is 0 Å². The summed E-state index contributed by atoms with van der Waals surface area (Å²) in [6.45, 7) is 3.80. The molecule has 9 heteroatoms. The van der Waals surface area contributed by atoms with Crippen molar-refractivity contribution < 1.29 is 22.4 Å². The van der Waals surface area contributed by atoms with E-state index in [0.717, 1.165) is 22.9 Å². The summed E-state index contributed by atoms with van der Waals surface area (Å²) in [6, 6.07) is 7.98. The number of halogens is 4. The zero-order valence-electron chi connectivity index (χ0n) is 16.3. The maximum atomic E-state index is 13.6. The highest BCUT2D eigenvalue weighted by Gasteiger charge is 2.30. The lowest BCUT2D eigenvalue weighted by molar-refractivity contribution is -0.137. The van der Waals surface area contributed by atoms with Crippen molar-refractivity contribution in [1.82, 2.24) is 9.66 Å². The van der Waals surface area contributed by atoms with Crippen molar-refractivity contribution in [3.63, 3.8) is 0 Å². The molecule has 0 aliphatic carbocycles. The highest BCUT2D eigenvalue weighted by Crippen LogP contribution is 2.29. The van der Waals surface area contributed by atoms with Crippen LogP contribution >= 0.6 is 0 Å². The van der Waals surface area contributed by atoms with Gasteiger partial charge in [0.15, 0.2) is 0 Å². The van der Waals surface area contributed by atoms with Crippen molar-refractivity contribution in [2.75, 3.05) is 5.43 Å². The number of rotatable bonds is 5. The van der Waals surface area contributed by atoms with Gasteiger partial charge in [0.2, 0.25) is 5.91 Å². The number of hydrogen-bond donors (Lipinski definition) is 1. The maximum absolute atomic E-state index is 13.6. The SMILES string of the molecule is CC(C)Cc1nc2ccc(F)cc2c(=O)n1NC(=O)Cc1cccc(C(F)(F)F)c1. The van der Waals surface area contributed by atoms with E-state index in [0.29, 0.717) is 11.9 Å². The van der Waals surface area contributed by atoms with Gasteiger partial charge in [-0.15, -0.1) is 0 Å². The van der Waals surface area contributed by atoms with Crippen molar-refractivity contribution >= 4 is 16.8 Å². The molecule has 2 aromatic carbocycles. The second-order valence-electron chi connectivity index (χ2n) is 7.34. The Morgan fingerprint density at radius 1 is 1.17 bits per heavy atom. The predicted octanol–water partition coefficient (Wildman–Crippen LogP) is 4.07. The van der Waals surface area contributed by atoms with Crippen LogP contribution in [0.2, 0.25) is 0 Å². The molecular formula is C21H19F4N3O2. The monoisotopic (exact) mass is 421 g/mol. The third kappa shape index (κ3) is 4.84. The van der Waals surface area contributed by atoms with Gasteiger partial charge in [-0.1, -0.05) is 32.0 Å². The van der Waals surface area contributed by atoms with Crippen LogP contribution in [0, 0.1) is 11.7 Å². The molecule has 5 nitrogen and oxygen atoms in total. The highest BCUT2D eigenvalue weighted by molar-refractivity contribution is 5.86. The van der Waals surface area contributed by atoms with Gasteiger partial charge in [0.1, 0.15) is 11.6 Å². The Labute approximate surface area is 169 Å². The third-order valence-corrected chi connectivity index (χ3v) is 4.35. The largest absolute Gasteiger partial charge is 0.416 e. The molecule has 1 N–H and O–H groups in total. The number of nitrogens with zero attached hydrogens (tertiary/aromatic N) is 2. The number of carbonyl (C=O) groups excluding carboxylic acids is 1. The molecule has 0 radical (unpaired) electrons. The molecule has 3 aromatic rings. The molecular weight excluding hydrogens is 402 g/mol. The number of nitrogens with one attached hydrogen (secondary N) is 1. The van der Waals surface area contributed by atoms with Crippen LogP contribution in [0.1, 0.15) is 30.8 Å². The van der Waals surface area contributed by atoms with Crippen LogP contribution < -0.4 is 11.0 Å². The Kier molecular flexibility index (Phi) is 5.91. The van der Waals surface area contributed by atoms with E-state index in [2.05, 4.69) is 10.4 Å². The van der Waals surface area contributed by atoms with Gasteiger partial charge in [0, 0.05) is 6.42 Å². The first-order valence-electron chi connectivity index (χ1n) is 9.22. The Bertz CT molecular complexity index is 1150. The summed E-state index contributed by atoms with van der Waals surface area (Å²) in [6.07, 6.45) is -4.55. The van der Waals surface area contributed by atoms with Crippen molar-refractivity contribution in [2.45, 2.75) is 32.9 Å². The molecule has 0 atom stereocenters. The van der Waals surface area contributed by atoms with Gasteiger partial charge < -0.3 is 0 Å². The minimum absolute atomic E-state index is 0.0122. The van der Waals surface area contributed by atoms with E-state index in [9.17, 15) is 27.2 Å². The summed E-state index contributed by atoms with van der Waals surface area (Å²) < 4.78 is 53.2. The molecule has 0 saturated heterocycles. The van der Waals surface area contributed by atoms with Gasteiger partial charge in [0.25, 0.3) is 5.56 Å². The number of carbonyl (C=O) groups is 1. The van der Waals surface area contributed by atoms with Gasteiger partial charge in [-0.3, -0.25) is 15.0 Å². The molecule has 0 fully saturated rings. The van der Waals surface area contributed by atoms with Gasteiger partial charge in [0.05, 0.1) is 22.9 Å². The smallest absolute Gasteiger partial charge is 0.273 e. The molecule has 1 heterocycles. The summed E-state index contributed by atoms with van der Waals surface area (Å²) >= 11 is 0. The fourth-order valence-corrected chi connectivity index (χ4v) is 3.03. The summed E-state index contributed by atoms with van der Waals surface area (Å²) in [4.78, 5) is 29.7. The quantitative estimate of drug-likeness (QED) is 0.632. The fraction of sp³-hybridized carbons (Fsp3) is 0.286. The predicted molar refractivity (Wildman–Crippen MR) is 104 cm³/mol. The highest BCUT2D eigenvalue weighted by atomic mass is 19.4. The number of fused-ring (bicyclic) bond motifs is 1. The third-order valence-electron chi connectivity index (χ3n) is 4.35. The average molecular weight is 421 g/mol. The first-order chi connectivity index (χ1) is 14.0. The Hall–Kier alpha value is -3.23. The molecule has 1 aromatic heterocycles. The van der Waals surface area contributed by atoms with Crippen molar-refractivity contribution in [2.24, 2.45) is 5.92 Å². The van der Waals surface area contributed by atoms with E-state index in [1.165, 1.54) is 24.3 Å². The molecule has 158 valence electrons. The lowest BCUT2D eigenvalue weighted by atomic mass is 10.1. The molecule has 30 heavy (non-hydrogen) atoms. The molecule has 0 aliphatic rings. The standard InChI is InChI=1S/C21H19F4N3O2/c1-12(2)8-18-26-17-7-6-15(22)11-16(17)20(30)28(18)27-19(29)10-13-4-3-5-14(9-13)21(23,24)25/h3-7,9,11-12H,8,10H2,1-2H3,(H,27,29). The Balaban J connectivity index is 1.95. The van der Waals surface area contributed by atoms with Gasteiger partial charge in [-0.25, -0.2) is 14.1 Å². The minimum Gasteiger partial charge on any atom is -0.273 e. The van der Waals surface area contributed by atoms with E-state index in [-0.39, 0.29) is 29.1 Å². The Morgan fingerprint density at radius 3 is 2.57 bits per heavy atom. The van der Waals surface area contributed by atoms with Gasteiger partial charge in [-0.05, 0) is 35.7 Å². The normalized spacial score (nSPS) is 11.8. The molecule has 0 unspecified atom stereocenters. The van der Waals surface area contributed by atoms with Crippen molar-refractivity contribution in [3.05, 3.63) is 75.6 Å². The van der Waals surface area contributed by atoms with Crippen molar-refractivity contribution in [3.8, 4) is 0 Å². The van der Waals surface area contributed by atoms with E-state index in [1.807, 2.05) is 13.8 Å². The summed E-state index contributed by atoms with van der Waals surface area (Å²) in [5, 5.41) is -0.0122. The van der Waals surface area contributed by atoms with Crippen LogP contribution in [-0.4, -0.2) is 15.6 Å². The summed E-state index contributed by atoms with van der Waals surface area (Å²) in [5.74, 6) is -0.952. The lowest BCUT2D eigenvalue weighted by Crippen LogP contribution is -2.37. The average Bonchev–Trinajstić information content (AvgIpc) is 2.64. The molecule has 3 rings (SSSR count).